The highest BCUT2D eigenvalue weighted by atomic mass is 32.2. The summed E-state index contributed by atoms with van der Waals surface area (Å²) in [6.07, 6.45) is 6.01. The van der Waals surface area contributed by atoms with Gasteiger partial charge in [-0.25, -0.2) is 4.79 Å². The molecule has 2 aromatic carbocycles. The van der Waals surface area contributed by atoms with E-state index in [-0.39, 0.29) is 10.6 Å². The number of nitrogens with zero attached hydrogens (tertiary/aromatic N) is 1. The van der Waals surface area contributed by atoms with Crippen molar-refractivity contribution in [3.63, 3.8) is 0 Å². The first kappa shape index (κ1) is 18.9. The van der Waals surface area contributed by atoms with Crippen LogP contribution in [-0.4, -0.2) is 12.6 Å². The Morgan fingerprint density at radius 1 is 1.04 bits per heavy atom. The molecule has 0 saturated heterocycles. The maximum atomic E-state index is 12.4. The molecule has 0 aromatic heterocycles. The van der Waals surface area contributed by atoms with Gasteiger partial charge in [-0.1, -0.05) is 23.1 Å². The summed E-state index contributed by atoms with van der Waals surface area (Å²) in [5.74, 6) is -0.0457. The van der Waals surface area contributed by atoms with Gasteiger partial charge in [0.1, 0.15) is 5.75 Å². The van der Waals surface area contributed by atoms with Crippen molar-refractivity contribution < 1.29 is 22.5 Å². The lowest BCUT2D eigenvalue weighted by molar-refractivity contribution is -0.0498. The fraction of sp³-hybridized carbons (Fsp3) is 0.350. The number of ether oxygens (including phenoxy) is 1. The smallest absolute Gasteiger partial charge is 0.387 e. The monoisotopic (exact) mass is 405 g/mol. The number of nitrogens with one attached hydrogen (secondary N) is 1. The zero-order valence-electron chi connectivity index (χ0n) is 15.0. The van der Waals surface area contributed by atoms with Gasteiger partial charge in [0.05, 0.1) is 0 Å². The number of urea groups is 1. The molecule has 28 heavy (non-hydrogen) atoms. The molecule has 5 nitrogen and oxygen atoms in total. The number of carbonyl (C=O) groups excluding carboxylic acids is 1. The lowest BCUT2D eigenvalue weighted by Gasteiger charge is -2.16. The molecular formula is C20H19F2N2O3S-. The molecule has 0 fully saturated rings. The van der Waals surface area contributed by atoms with Crippen LogP contribution in [0.2, 0.25) is 0 Å². The second kappa shape index (κ2) is 7.87. The molecule has 2 aliphatic carbocycles. The number of alkyl halides is 2. The molecule has 0 spiro atoms. The fourth-order valence-corrected chi connectivity index (χ4v) is 4.63. The molecule has 0 radical (unpaired) electrons. The normalized spacial score (nSPS) is 16.1. The third kappa shape index (κ3) is 3.87. The fourth-order valence-electron chi connectivity index (χ4n) is 3.96. The molecule has 1 N–H and O–H groups in total. The van der Waals surface area contributed by atoms with E-state index in [0.29, 0.717) is 0 Å². The molecule has 2 aromatic rings. The number of carbonyl (C=O) groups is 1. The van der Waals surface area contributed by atoms with E-state index in [2.05, 4.69) is 20.5 Å². The van der Waals surface area contributed by atoms with E-state index >= 15 is 0 Å². The maximum absolute atomic E-state index is 12.4. The Labute approximate surface area is 163 Å². The van der Waals surface area contributed by atoms with Crippen LogP contribution >= 0.6 is 0 Å². The molecule has 0 heterocycles. The highest BCUT2D eigenvalue weighted by Crippen LogP contribution is 2.38. The lowest BCUT2D eigenvalue weighted by Crippen LogP contribution is -2.11. The zero-order valence-corrected chi connectivity index (χ0v) is 15.9. The van der Waals surface area contributed by atoms with Crippen molar-refractivity contribution in [2.45, 2.75) is 50.0 Å². The second-order valence-electron chi connectivity index (χ2n) is 6.85. The van der Waals surface area contributed by atoms with E-state index in [4.69, 9.17) is 0 Å². The molecule has 8 heteroatoms. The van der Waals surface area contributed by atoms with Crippen LogP contribution in [0.4, 0.5) is 19.3 Å². The Morgan fingerprint density at radius 2 is 1.64 bits per heavy atom. The van der Waals surface area contributed by atoms with Crippen LogP contribution < -0.4 is 10.1 Å². The van der Waals surface area contributed by atoms with Gasteiger partial charge in [-0.05, 0) is 72.9 Å². The summed E-state index contributed by atoms with van der Waals surface area (Å²) in [5.41, 5.74) is 5.75. The van der Waals surface area contributed by atoms with Crippen molar-refractivity contribution in [1.82, 2.24) is 0 Å². The van der Waals surface area contributed by atoms with Crippen molar-refractivity contribution >= 4 is 22.3 Å². The average Bonchev–Trinajstić information content (AvgIpc) is 3.30. The maximum Gasteiger partial charge on any atom is 0.387 e. The van der Waals surface area contributed by atoms with Crippen molar-refractivity contribution in [3.8, 4) is 5.75 Å². The van der Waals surface area contributed by atoms with Gasteiger partial charge in [-0.2, -0.15) is 19.4 Å². The van der Waals surface area contributed by atoms with E-state index in [1.165, 1.54) is 46.5 Å². The summed E-state index contributed by atoms with van der Waals surface area (Å²) in [4.78, 5) is 12.7. The molecular weight excluding hydrogens is 386 g/mol. The molecule has 0 saturated carbocycles. The SMILES string of the molecule is O=C(/N=[S-](=O)/c1ccc(OC(F)F)cc1)Nc1c2c(cc3c1CCC3)CCC2. The van der Waals surface area contributed by atoms with Crippen LogP contribution in [0.5, 0.6) is 5.75 Å². The Bertz CT molecular complexity index is 967. The average molecular weight is 405 g/mol. The molecule has 0 unspecified atom stereocenters. The number of aryl methyl sites for hydroxylation is 2. The molecule has 2 amide bonds. The van der Waals surface area contributed by atoms with Crippen LogP contribution in [0, 0.1) is 0 Å². The molecule has 2 aliphatic rings. The number of hydrogen-bond acceptors (Lipinski definition) is 4. The number of hydrogen-bond donors (Lipinski definition) is 1. The standard InChI is InChI=1S/C20H19F2N2O3S/c21-19(22)27-14-7-9-15(10-8-14)28(26)24-20(25)23-18-16-5-1-3-12(16)11-13-4-2-6-17(13)18/h7-11,19H,1-6H2,(H,23,25)/q-1. The number of rotatable bonds is 4. The number of anilines is 1. The summed E-state index contributed by atoms with van der Waals surface area (Å²) in [7, 11) is -1.93. The number of fused-ring (bicyclic) bond motifs is 2. The molecule has 148 valence electrons. The zero-order chi connectivity index (χ0) is 19.7. The highest BCUT2D eigenvalue weighted by Gasteiger charge is 2.24. The van der Waals surface area contributed by atoms with Gasteiger partial charge in [-0.3, -0.25) is 0 Å². The predicted molar refractivity (Wildman–Crippen MR) is 101 cm³/mol. The van der Waals surface area contributed by atoms with Crippen LogP contribution in [0.15, 0.2) is 39.6 Å². The molecule has 0 aliphatic heterocycles. The summed E-state index contributed by atoms with van der Waals surface area (Å²) in [6.45, 7) is -2.93. The van der Waals surface area contributed by atoms with Crippen molar-refractivity contribution in [2.75, 3.05) is 5.32 Å². The van der Waals surface area contributed by atoms with Gasteiger partial charge in [0.15, 0.2) is 0 Å². The Kier molecular flexibility index (Phi) is 5.30. The minimum absolute atomic E-state index is 0.0457. The van der Waals surface area contributed by atoms with E-state index in [9.17, 15) is 17.8 Å². The Hall–Kier alpha value is -2.48. The van der Waals surface area contributed by atoms with Gasteiger partial charge < -0.3 is 18.6 Å². The largest absolute Gasteiger partial charge is 0.439 e. The van der Waals surface area contributed by atoms with Gasteiger partial charge in [0.2, 0.25) is 0 Å². The predicted octanol–water partition coefficient (Wildman–Crippen LogP) is 5.00. The minimum Gasteiger partial charge on any atom is -0.439 e. The molecule has 0 bridgehead atoms. The van der Waals surface area contributed by atoms with Gasteiger partial charge in [-0.15, -0.1) is 0 Å². The van der Waals surface area contributed by atoms with Crippen molar-refractivity contribution in [2.24, 2.45) is 4.36 Å². The topological polar surface area (TPSA) is 67.8 Å². The molecule has 4 rings (SSSR count). The number of amides is 2. The number of halogens is 2. The Morgan fingerprint density at radius 3 is 2.21 bits per heavy atom. The van der Waals surface area contributed by atoms with Crippen LogP contribution in [-0.2, 0) is 40.5 Å². The van der Waals surface area contributed by atoms with Crippen LogP contribution in [0.3, 0.4) is 0 Å². The van der Waals surface area contributed by atoms with Crippen LogP contribution in [0.25, 0.3) is 0 Å². The third-order valence-corrected chi connectivity index (χ3v) is 6.13. The molecule has 0 atom stereocenters. The Balaban J connectivity index is 1.54. The lowest BCUT2D eigenvalue weighted by atomic mass is 9.99. The summed E-state index contributed by atoms with van der Waals surface area (Å²) in [5, 5.41) is 2.86. The van der Waals surface area contributed by atoms with Gasteiger partial charge >= 0.3 is 12.6 Å². The summed E-state index contributed by atoms with van der Waals surface area (Å²) < 4.78 is 44.7. The van der Waals surface area contributed by atoms with Gasteiger partial charge in [0, 0.05) is 5.69 Å². The van der Waals surface area contributed by atoms with E-state index in [0.717, 1.165) is 44.2 Å². The number of benzene rings is 2. The first-order valence-corrected chi connectivity index (χ1v) is 10.3. The van der Waals surface area contributed by atoms with Crippen molar-refractivity contribution in [3.05, 3.63) is 52.6 Å². The minimum atomic E-state index is -2.93. The second-order valence-corrected chi connectivity index (χ2v) is 8.01. The third-order valence-electron chi connectivity index (χ3n) is 5.12. The van der Waals surface area contributed by atoms with Gasteiger partial charge in [0.25, 0.3) is 0 Å². The quantitative estimate of drug-likeness (QED) is 0.728. The van der Waals surface area contributed by atoms with E-state index in [1.54, 1.807) is 0 Å². The first-order chi connectivity index (χ1) is 13.5. The van der Waals surface area contributed by atoms with E-state index in [1.807, 2.05) is 0 Å². The summed E-state index contributed by atoms with van der Waals surface area (Å²) in [6, 6.07) is 6.83. The van der Waals surface area contributed by atoms with Crippen molar-refractivity contribution in [1.29, 1.82) is 0 Å². The van der Waals surface area contributed by atoms with E-state index < -0.39 is 23.2 Å². The van der Waals surface area contributed by atoms with Crippen LogP contribution in [0.1, 0.15) is 35.1 Å². The summed E-state index contributed by atoms with van der Waals surface area (Å²) >= 11 is 0. The highest BCUT2D eigenvalue weighted by molar-refractivity contribution is 7.75. The first-order valence-electron chi connectivity index (χ1n) is 9.17.